The zero-order valence-electron chi connectivity index (χ0n) is 9.39. The van der Waals surface area contributed by atoms with E-state index >= 15 is 0 Å². The van der Waals surface area contributed by atoms with Crippen LogP contribution in [0.5, 0.6) is 0 Å². The number of alkyl halides is 3. The van der Waals surface area contributed by atoms with E-state index in [2.05, 4.69) is 9.97 Å². The predicted octanol–water partition coefficient (Wildman–Crippen LogP) is 3.23. The average Bonchev–Trinajstić information content (AvgIpc) is 2.37. The van der Waals surface area contributed by atoms with E-state index in [4.69, 9.17) is 11.6 Å². The third kappa shape index (κ3) is 2.85. The van der Waals surface area contributed by atoms with Gasteiger partial charge in [0, 0.05) is 35.9 Å². The molecule has 0 amide bonds. The quantitative estimate of drug-likeness (QED) is 0.923. The maximum Gasteiger partial charge on any atom is 0.416 e. The Kier molecular flexibility index (Phi) is 3.73. The van der Waals surface area contributed by atoms with Gasteiger partial charge >= 0.3 is 6.18 Å². The minimum Gasteiger partial charge on any atom is -0.384 e. The van der Waals surface area contributed by atoms with Crippen molar-refractivity contribution in [1.82, 2.24) is 9.97 Å². The minimum atomic E-state index is -4.57. The van der Waals surface area contributed by atoms with E-state index in [1.807, 2.05) is 0 Å². The van der Waals surface area contributed by atoms with Crippen molar-refractivity contribution in [3.8, 4) is 0 Å². The zero-order valence-corrected chi connectivity index (χ0v) is 10.2. The molecule has 7 heteroatoms. The summed E-state index contributed by atoms with van der Waals surface area (Å²) in [5.74, 6) is 0. The predicted molar refractivity (Wildman–Crippen MR) is 62.5 cm³/mol. The largest absolute Gasteiger partial charge is 0.416 e. The molecule has 1 unspecified atom stereocenters. The maximum atomic E-state index is 12.8. The van der Waals surface area contributed by atoms with Crippen molar-refractivity contribution in [2.75, 3.05) is 0 Å². The van der Waals surface area contributed by atoms with Crippen LogP contribution in [0.2, 0.25) is 5.02 Å². The molecule has 0 bridgehead atoms. The van der Waals surface area contributed by atoms with E-state index in [1.54, 1.807) is 0 Å². The molecule has 0 aliphatic heterocycles. The fourth-order valence-corrected chi connectivity index (χ4v) is 1.88. The molecular formula is C12H8ClF3N2O. The molecule has 2 rings (SSSR count). The molecule has 0 aromatic carbocycles. The van der Waals surface area contributed by atoms with Gasteiger partial charge in [-0.2, -0.15) is 13.2 Å². The highest BCUT2D eigenvalue weighted by Crippen LogP contribution is 2.37. The second-order valence-electron chi connectivity index (χ2n) is 3.76. The van der Waals surface area contributed by atoms with Crippen molar-refractivity contribution in [3.63, 3.8) is 0 Å². The summed E-state index contributed by atoms with van der Waals surface area (Å²) in [5, 5.41) is 10.2. The van der Waals surface area contributed by atoms with Crippen LogP contribution in [0.1, 0.15) is 22.8 Å². The Hall–Kier alpha value is -1.66. The third-order valence-corrected chi connectivity index (χ3v) is 2.87. The second kappa shape index (κ2) is 5.14. The lowest BCUT2D eigenvalue weighted by atomic mass is 9.99. The van der Waals surface area contributed by atoms with Gasteiger partial charge < -0.3 is 5.11 Å². The number of hydrogen-bond acceptors (Lipinski definition) is 3. The minimum absolute atomic E-state index is 0.0898. The van der Waals surface area contributed by atoms with E-state index in [9.17, 15) is 18.3 Å². The Morgan fingerprint density at radius 3 is 2.32 bits per heavy atom. The number of hydrogen-bond donors (Lipinski definition) is 1. The van der Waals surface area contributed by atoms with E-state index in [1.165, 1.54) is 18.5 Å². The molecule has 2 aromatic heterocycles. The van der Waals surface area contributed by atoms with Gasteiger partial charge in [0.2, 0.25) is 0 Å². The summed E-state index contributed by atoms with van der Waals surface area (Å²) in [6.45, 7) is 0. The van der Waals surface area contributed by atoms with Crippen LogP contribution < -0.4 is 0 Å². The van der Waals surface area contributed by atoms with Crippen molar-refractivity contribution in [3.05, 3.63) is 58.6 Å². The normalized spacial score (nSPS) is 13.3. The number of pyridine rings is 2. The Balaban J connectivity index is 2.51. The molecule has 1 atom stereocenters. The number of aromatic nitrogens is 2. The first-order valence-electron chi connectivity index (χ1n) is 5.20. The van der Waals surface area contributed by atoms with Gasteiger partial charge in [0.25, 0.3) is 0 Å². The van der Waals surface area contributed by atoms with Crippen molar-refractivity contribution in [1.29, 1.82) is 0 Å². The SMILES string of the molecule is OC(c1ccncc1Cl)c1cnccc1C(F)(F)F. The highest BCUT2D eigenvalue weighted by Gasteiger charge is 2.35. The van der Waals surface area contributed by atoms with Crippen LogP contribution >= 0.6 is 11.6 Å². The van der Waals surface area contributed by atoms with Gasteiger partial charge in [-0.05, 0) is 12.1 Å². The van der Waals surface area contributed by atoms with Gasteiger partial charge in [0.15, 0.2) is 0 Å². The van der Waals surface area contributed by atoms with Crippen molar-refractivity contribution >= 4 is 11.6 Å². The number of aliphatic hydroxyl groups excluding tert-OH is 1. The van der Waals surface area contributed by atoms with Crippen molar-refractivity contribution < 1.29 is 18.3 Å². The number of nitrogens with zero attached hydrogens (tertiary/aromatic N) is 2. The van der Waals surface area contributed by atoms with E-state index in [0.717, 1.165) is 18.5 Å². The van der Waals surface area contributed by atoms with Crippen LogP contribution in [-0.2, 0) is 6.18 Å². The van der Waals surface area contributed by atoms with Crippen LogP contribution in [0.4, 0.5) is 13.2 Å². The Morgan fingerprint density at radius 2 is 1.68 bits per heavy atom. The van der Waals surface area contributed by atoms with Crippen molar-refractivity contribution in [2.24, 2.45) is 0 Å². The smallest absolute Gasteiger partial charge is 0.384 e. The van der Waals surface area contributed by atoms with Crippen LogP contribution in [0, 0.1) is 0 Å². The molecule has 0 saturated carbocycles. The monoisotopic (exact) mass is 288 g/mol. The lowest BCUT2D eigenvalue weighted by Gasteiger charge is -2.17. The summed E-state index contributed by atoms with van der Waals surface area (Å²) >= 11 is 5.81. The summed E-state index contributed by atoms with van der Waals surface area (Å²) < 4.78 is 38.5. The Bertz CT molecular complexity index is 589. The standard InChI is InChI=1S/C12H8ClF3N2O/c13-10-6-18-3-1-7(10)11(19)8-5-17-4-2-9(8)12(14,15)16/h1-6,11,19H. The summed E-state index contributed by atoms with van der Waals surface area (Å²) in [5.41, 5.74) is -1.14. The highest BCUT2D eigenvalue weighted by atomic mass is 35.5. The maximum absolute atomic E-state index is 12.8. The molecule has 100 valence electrons. The van der Waals surface area contributed by atoms with Gasteiger partial charge in [0.05, 0.1) is 10.6 Å². The molecule has 2 heterocycles. The van der Waals surface area contributed by atoms with Crippen LogP contribution in [0.3, 0.4) is 0 Å². The van der Waals surface area contributed by atoms with E-state index in [-0.39, 0.29) is 16.1 Å². The van der Waals surface area contributed by atoms with Crippen LogP contribution in [-0.4, -0.2) is 15.1 Å². The lowest BCUT2D eigenvalue weighted by Crippen LogP contribution is -2.13. The van der Waals surface area contributed by atoms with Crippen molar-refractivity contribution in [2.45, 2.75) is 12.3 Å². The molecule has 0 aliphatic carbocycles. The fraction of sp³-hybridized carbons (Fsp3) is 0.167. The molecule has 19 heavy (non-hydrogen) atoms. The topological polar surface area (TPSA) is 46.0 Å². The van der Waals surface area contributed by atoms with Crippen LogP contribution in [0.15, 0.2) is 36.9 Å². The van der Waals surface area contributed by atoms with Crippen LogP contribution in [0.25, 0.3) is 0 Å². The molecule has 0 spiro atoms. The number of halogens is 4. The zero-order chi connectivity index (χ0) is 14.0. The lowest BCUT2D eigenvalue weighted by molar-refractivity contribution is -0.139. The van der Waals surface area contributed by atoms with Gasteiger partial charge in [-0.15, -0.1) is 0 Å². The molecule has 3 nitrogen and oxygen atoms in total. The summed E-state index contributed by atoms with van der Waals surface area (Å²) in [4.78, 5) is 7.33. The Morgan fingerprint density at radius 1 is 1.05 bits per heavy atom. The molecule has 0 saturated heterocycles. The van der Waals surface area contributed by atoms with Gasteiger partial charge in [-0.1, -0.05) is 11.6 Å². The first-order chi connectivity index (χ1) is 8.91. The molecule has 1 N–H and O–H groups in total. The van der Waals surface area contributed by atoms with E-state index in [0.29, 0.717) is 0 Å². The number of aliphatic hydroxyl groups is 1. The number of rotatable bonds is 2. The molecule has 0 aliphatic rings. The highest BCUT2D eigenvalue weighted by molar-refractivity contribution is 6.31. The molecular weight excluding hydrogens is 281 g/mol. The van der Waals surface area contributed by atoms with Gasteiger partial charge in [-0.25, -0.2) is 0 Å². The van der Waals surface area contributed by atoms with Gasteiger partial charge in [0.1, 0.15) is 6.10 Å². The molecule has 0 fully saturated rings. The molecule has 2 aromatic rings. The van der Waals surface area contributed by atoms with Gasteiger partial charge in [-0.3, -0.25) is 9.97 Å². The summed E-state index contributed by atoms with van der Waals surface area (Å²) in [6, 6.07) is 2.17. The van der Waals surface area contributed by atoms with E-state index < -0.39 is 17.8 Å². The second-order valence-corrected chi connectivity index (χ2v) is 4.17. The average molecular weight is 289 g/mol. The first kappa shape index (κ1) is 13.8. The first-order valence-corrected chi connectivity index (χ1v) is 5.57. The third-order valence-electron chi connectivity index (χ3n) is 2.55. The molecule has 0 radical (unpaired) electrons. The Labute approximate surface area is 111 Å². The summed E-state index contributed by atoms with van der Waals surface area (Å²) in [6.07, 6.45) is -1.49. The fourth-order valence-electron chi connectivity index (χ4n) is 1.66. The summed E-state index contributed by atoms with van der Waals surface area (Å²) in [7, 11) is 0.